The van der Waals surface area contributed by atoms with Crippen LogP contribution in [-0.2, 0) is 6.54 Å². The molecule has 0 unspecified atom stereocenters. The summed E-state index contributed by atoms with van der Waals surface area (Å²) in [5, 5.41) is 14.1. The predicted octanol–water partition coefficient (Wildman–Crippen LogP) is 1.83. The molecule has 1 saturated heterocycles. The molecular weight excluding hydrogens is 257 g/mol. The highest BCUT2D eigenvalue weighted by Gasteiger charge is 2.31. The second-order valence-electron chi connectivity index (χ2n) is 5.22. The molecule has 1 N–H and O–H groups in total. The third kappa shape index (κ3) is 2.89. The number of aliphatic hydroxyl groups excluding tert-OH is 1. The van der Waals surface area contributed by atoms with E-state index in [0.717, 1.165) is 18.7 Å². The summed E-state index contributed by atoms with van der Waals surface area (Å²) in [4.78, 5) is 2.24. The first-order chi connectivity index (χ1) is 9.72. The summed E-state index contributed by atoms with van der Waals surface area (Å²) in [6, 6.07) is 8.62. The lowest BCUT2D eigenvalue weighted by Crippen LogP contribution is -2.28. The molecule has 0 amide bonds. The largest absolute Gasteiger partial charge is 0.392 e. The molecule has 1 aliphatic rings. The predicted molar refractivity (Wildman–Crippen MR) is 73.6 cm³/mol. The Balaban J connectivity index is 1.69. The maximum atomic E-state index is 13.0. The molecule has 1 fully saturated rings. The van der Waals surface area contributed by atoms with Gasteiger partial charge in [0.25, 0.3) is 0 Å². The van der Waals surface area contributed by atoms with Crippen LogP contribution in [0.2, 0.25) is 0 Å². The van der Waals surface area contributed by atoms with Gasteiger partial charge >= 0.3 is 0 Å². The second-order valence-corrected chi connectivity index (χ2v) is 5.22. The molecule has 5 heteroatoms. The smallest absolute Gasteiger partial charge is 0.123 e. The van der Waals surface area contributed by atoms with Crippen molar-refractivity contribution in [3.05, 3.63) is 54.1 Å². The van der Waals surface area contributed by atoms with Gasteiger partial charge in [0, 0.05) is 31.5 Å². The summed E-state index contributed by atoms with van der Waals surface area (Å²) in [6.45, 7) is 2.27. The molecular formula is C15H18FN3O. The summed E-state index contributed by atoms with van der Waals surface area (Å²) in [6.07, 6.45) is 4.07. The van der Waals surface area contributed by atoms with Gasteiger partial charge < -0.3 is 5.11 Å². The molecule has 2 heterocycles. The standard InChI is InChI=1S/C15H18FN3O/c16-13-4-2-12(3-5-13)15-10-14(20)11-18(15)8-9-19-7-1-6-17-19/h1-7,14-15,20H,8-11H2/t14-,15-/m1/s1. The van der Waals surface area contributed by atoms with Crippen molar-refractivity contribution in [1.29, 1.82) is 0 Å². The number of hydrogen-bond acceptors (Lipinski definition) is 3. The first-order valence-corrected chi connectivity index (χ1v) is 6.87. The fourth-order valence-corrected chi connectivity index (χ4v) is 2.82. The lowest BCUT2D eigenvalue weighted by atomic mass is 10.0. The van der Waals surface area contributed by atoms with E-state index < -0.39 is 0 Å². The van der Waals surface area contributed by atoms with Crippen LogP contribution in [0.5, 0.6) is 0 Å². The molecule has 0 aliphatic carbocycles. The highest BCUT2D eigenvalue weighted by molar-refractivity contribution is 5.21. The zero-order valence-electron chi connectivity index (χ0n) is 11.2. The Hall–Kier alpha value is -1.72. The van der Waals surface area contributed by atoms with Gasteiger partial charge in [0.15, 0.2) is 0 Å². The van der Waals surface area contributed by atoms with Crippen LogP contribution in [-0.4, -0.2) is 39.0 Å². The summed E-state index contributed by atoms with van der Waals surface area (Å²) in [7, 11) is 0. The van der Waals surface area contributed by atoms with Crippen molar-refractivity contribution in [2.45, 2.75) is 25.1 Å². The number of hydrogen-bond donors (Lipinski definition) is 1. The Morgan fingerprint density at radius 1 is 1.25 bits per heavy atom. The minimum Gasteiger partial charge on any atom is -0.392 e. The highest BCUT2D eigenvalue weighted by atomic mass is 19.1. The van der Waals surface area contributed by atoms with Crippen LogP contribution >= 0.6 is 0 Å². The number of aliphatic hydroxyl groups is 1. The Morgan fingerprint density at radius 3 is 2.75 bits per heavy atom. The lowest BCUT2D eigenvalue weighted by molar-refractivity contribution is 0.172. The number of halogens is 1. The van der Waals surface area contributed by atoms with Crippen molar-refractivity contribution in [3.63, 3.8) is 0 Å². The topological polar surface area (TPSA) is 41.3 Å². The second kappa shape index (κ2) is 5.73. The Morgan fingerprint density at radius 2 is 2.05 bits per heavy atom. The molecule has 2 atom stereocenters. The quantitative estimate of drug-likeness (QED) is 0.925. The van der Waals surface area contributed by atoms with Crippen molar-refractivity contribution in [2.75, 3.05) is 13.1 Å². The molecule has 0 bridgehead atoms. The van der Waals surface area contributed by atoms with E-state index in [2.05, 4.69) is 10.00 Å². The van der Waals surface area contributed by atoms with Crippen molar-refractivity contribution in [2.24, 2.45) is 0 Å². The SMILES string of the molecule is O[C@@H]1C[C@H](c2ccc(F)cc2)N(CCn2cccn2)C1. The molecule has 0 radical (unpaired) electrons. The van der Waals surface area contributed by atoms with Crippen LogP contribution < -0.4 is 0 Å². The molecule has 4 nitrogen and oxygen atoms in total. The van der Waals surface area contributed by atoms with Crippen molar-refractivity contribution >= 4 is 0 Å². The van der Waals surface area contributed by atoms with Gasteiger partial charge in [0.05, 0.1) is 12.6 Å². The molecule has 0 spiro atoms. The van der Waals surface area contributed by atoms with Crippen LogP contribution in [0.15, 0.2) is 42.7 Å². The van der Waals surface area contributed by atoms with Gasteiger partial charge in [-0.2, -0.15) is 5.10 Å². The van der Waals surface area contributed by atoms with Gasteiger partial charge in [-0.05, 0) is 30.2 Å². The molecule has 0 saturated carbocycles. The van der Waals surface area contributed by atoms with Gasteiger partial charge in [-0.15, -0.1) is 0 Å². The van der Waals surface area contributed by atoms with Gasteiger partial charge in [-0.3, -0.25) is 9.58 Å². The van der Waals surface area contributed by atoms with E-state index >= 15 is 0 Å². The number of β-amino-alcohol motifs (C(OH)–C–C–N with tert-alkyl or cyclic N) is 1. The Kier molecular flexibility index (Phi) is 3.80. The molecule has 3 rings (SSSR count). The molecule has 106 valence electrons. The average molecular weight is 275 g/mol. The van der Waals surface area contributed by atoms with Gasteiger partial charge in [0.1, 0.15) is 5.82 Å². The minimum atomic E-state index is -0.317. The zero-order valence-corrected chi connectivity index (χ0v) is 11.2. The number of rotatable bonds is 4. The molecule has 2 aromatic rings. The number of nitrogens with zero attached hydrogens (tertiary/aromatic N) is 3. The summed E-state index contributed by atoms with van der Waals surface area (Å²) >= 11 is 0. The van der Waals surface area contributed by atoms with Crippen molar-refractivity contribution in [1.82, 2.24) is 14.7 Å². The highest BCUT2D eigenvalue weighted by Crippen LogP contribution is 2.31. The van der Waals surface area contributed by atoms with E-state index in [1.165, 1.54) is 12.1 Å². The monoisotopic (exact) mass is 275 g/mol. The zero-order chi connectivity index (χ0) is 13.9. The maximum Gasteiger partial charge on any atom is 0.123 e. The van der Waals surface area contributed by atoms with E-state index in [9.17, 15) is 9.50 Å². The van der Waals surface area contributed by atoms with Crippen LogP contribution in [0, 0.1) is 5.82 Å². The van der Waals surface area contributed by atoms with Crippen LogP contribution in [0.3, 0.4) is 0 Å². The average Bonchev–Trinajstić information content (AvgIpc) is 3.06. The van der Waals surface area contributed by atoms with Crippen molar-refractivity contribution in [3.8, 4) is 0 Å². The van der Waals surface area contributed by atoms with Crippen molar-refractivity contribution < 1.29 is 9.50 Å². The Labute approximate surface area is 117 Å². The lowest BCUT2D eigenvalue weighted by Gasteiger charge is -2.24. The third-order valence-electron chi connectivity index (χ3n) is 3.81. The maximum absolute atomic E-state index is 13.0. The Bertz CT molecular complexity index is 541. The first-order valence-electron chi connectivity index (χ1n) is 6.87. The van der Waals surface area contributed by atoms with Crippen LogP contribution in [0.1, 0.15) is 18.0 Å². The summed E-state index contributed by atoms with van der Waals surface area (Å²) in [5.74, 6) is -0.226. The van der Waals surface area contributed by atoms with E-state index in [4.69, 9.17) is 0 Å². The van der Waals surface area contributed by atoms with Gasteiger partial charge in [0.2, 0.25) is 0 Å². The minimum absolute atomic E-state index is 0.154. The van der Waals surface area contributed by atoms with Crippen LogP contribution in [0.25, 0.3) is 0 Å². The normalized spacial score (nSPS) is 23.3. The van der Waals surface area contributed by atoms with E-state index in [1.807, 2.05) is 16.9 Å². The van der Waals surface area contributed by atoms with E-state index in [0.29, 0.717) is 13.0 Å². The molecule has 1 aromatic carbocycles. The first kappa shape index (κ1) is 13.3. The van der Waals surface area contributed by atoms with E-state index in [1.54, 1.807) is 18.3 Å². The van der Waals surface area contributed by atoms with Gasteiger partial charge in [-0.25, -0.2) is 4.39 Å². The fraction of sp³-hybridized carbons (Fsp3) is 0.400. The van der Waals surface area contributed by atoms with Crippen LogP contribution in [0.4, 0.5) is 4.39 Å². The number of benzene rings is 1. The molecule has 1 aliphatic heterocycles. The van der Waals surface area contributed by atoms with Gasteiger partial charge in [-0.1, -0.05) is 12.1 Å². The van der Waals surface area contributed by atoms with E-state index in [-0.39, 0.29) is 18.0 Å². The number of likely N-dealkylation sites (tertiary alicyclic amines) is 1. The summed E-state index contributed by atoms with van der Waals surface area (Å²) in [5.41, 5.74) is 1.06. The number of aromatic nitrogens is 2. The third-order valence-corrected chi connectivity index (χ3v) is 3.81. The summed E-state index contributed by atoms with van der Waals surface area (Å²) < 4.78 is 14.9. The fourth-order valence-electron chi connectivity index (χ4n) is 2.82. The molecule has 20 heavy (non-hydrogen) atoms. The molecule has 1 aromatic heterocycles.